The summed E-state index contributed by atoms with van der Waals surface area (Å²) in [4.78, 5) is 15.0. The molecule has 0 spiro atoms. The summed E-state index contributed by atoms with van der Waals surface area (Å²) in [5.41, 5.74) is -3.67. The van der Waals surface area contributed by atoms with Gasteiger partial charge in [-0.2, -0.15) is 13.2 Å². The molecular weight excluding hydrogens is 289 g/mol. The predicted molar refractivity (Wildman–Crippen MR) is 64.8 cm³/mol. The number of ether oxygens (including phenoxy) is 1. The number of nitrogens with one attached hydrogen (secondary N) is 1. The lowest BCUT2D eigenvalue weighted by Crippen LogP contribution is -2.09. The van der Waals surface area contributed by atoms with Crippen LogP contribution < -0.4 is 5.32 Å². The molecule has 0 amide bonds. The van der Waals surface area contributed by atoms with Crippen molar-refractivity contribution < 1.29 is 22.7 Å². The van der Waals surface area contributed by atoms with Crippen molar-refractivity contribution in [1.82, 2.24) is 4.98 Å². The van der Waals surface area contributed by atoms with Gasteiger partial charge in [0.05, 0.1) is 19.2 Å². The molecule has 4 nitrogen and oxygen atoms in total. The lowest BCUT2D eigenvalue weighted by atomic mass is 10.3. The quantitative estimate of drug-likeness (QED) is 0.646. The van der Waals surface area contributed by atoms with E-state index in [0.717, 1.165) is 0 Å². The highest BCUT2D eigenvalue weighted by Crippen LogP contribution is 2.29. The molecule has 1 rings (SSSR count). The van der Waals surface area contributed by atoms with E-state index in [1.165, 1.54) is 18.4 Å². The Kier molecular flexibility index (Phi) is 5.73. The molecule has 0 unspecified atom stereocenters. The van der Waals surface area contributed by atoms with Gasteiger partial charge in [-0.3, -0.25) is 4.79 Å². The topological polar surface area (TPSA) is 51.2 Å². The molecule has 9 heteroatoms. The largest absolute Gasteiger partial charge is 0.469 e. The van der Waals surface area contributed by atoms with Crippen LogP contribution in [-0.2, 0) is 16.0 Å². The normalized spacial score (nSPS) is 11.3. The molecule has 0 saturated heterocycles. The first-order valence-electron chi connectivity index (χ1n) is 4.86. The fourth-order valence-electron chi connectivity index (χ4n) is 1.01. The summed E-state index contributed by atoms with van der Waals surface area (Å²) < 4.78 is 40.0. The Balaban J connectivity index is 2.29. The van der Waals surface area contributed by atoms with Gasteiger partial charge in [0.2, 0.25) is 0 Å². The maximum Gasteiger partial charge on any atom is 0.441 e. The van der Waals surface area contributed by atoms with E-state index in [9.17, 15) is 18.0 Å². The number of thiazole rings is 1. The van der Waals surface area contributed by atoms with Crippen LogP contribution in [0, 0.1) is 0 Å². The highest BCUT2D eigenvalue weighted by Gasteiger charge is 2.27. The zero-order valence-corrected chi connectivity index (χ0v) is 11.0. The maximum atomic E-state index is 11.8. The molecule has 0 radical (unpaired) electrons. The minimum atomic E-state index is -4.21. The fraction of sp³-hybridized carbons (Fsp3) is 0.556. The summed E-state index contributed by atoms with van der Waals surface area (Å²) >= 11 is 1.15. The van der Waals surface area contributed by atoms with E-state index >= 15 is 0 Å². The Morgan fingerprint density at radius 2 is 2.33 bits per heavy atom. The zero-order chi connectivity index (χ0) is 13.6. The van der Waals surface area contributed by atoms with Crippen molar-refractivity contribution in [3.63, 3.8) is 0 Å². The molecule has 1 heterocycles. The van der Waals surface area contributed by atoms with Crippen molar-refractivity contribution in [2.45, 2.75) is 11.9 Å². The predicted octanol–water partition coefficient (Wildman–Crippen LogP) is 2.52. The van der Waals surface area contributed by atoms with E-state index < -0.39 is 11.5 Å². The first kappa shape index (κ1) is 15.1. The molecule has 1 aromatic rings. The monoisotopic (exact) mass is 300 g/mol. The minimum absolute atomic E-state index is 0.0615. The number of anilines is 1. The summed E-state index contributed by atoms with van der Waals surface area (Å²) in [6.07, 6.45) is 0.0615. The third-order valence-corrected chi connectivity index (χ3v) is 3.33. The smallest absolute Gasteiger partial charge is 0.441 e. The van der Waals surface area contributed by atoms with Crippen molar-refractivity contribution >= 4 is 34.2 Å². The summed E-state index contributed by atoms with van der Waals surface area (Å²) in [6, 6.07) is 0. The molecule has 1 aromatic heterocycles. The molecule has 1 N–H and O–H groups in total. The summed E-state index contributed by atoms with van der Waals surface area (Å²) in [7, 11) is 1.28. The lowest BCUT2D eigenvalue weighted by Gasteiger charge is -2.05. The van der Waals surface area contributed by atoms with Crippen LogP contribution >= 0.6 is 23.1 Å². The van der Waals surface area contributed by atoms with Crippen molar-refractivity contribution in [2.24, 2.45) is 0 Å². The van der Waals surface area contributed by atoms with Crippen LogP contribution in [0.3, 0.4) is 0 Å². The number of esters is 1. The van der Waals surface area contributed by atoms with E-state index in [1.54, 1.807) is 5.38 Å². The van der Waals surface area contributed by atoms with Crippen LogP contribution in [0.1, 0.15) is 5.69 Å². The number of alkyl halides is 3. The average molecular weight is 300 g/mol. The average Bonchev–Trinajstić information content (AvgIpc) is 2.71. The zero-order valence-electron chi connectivity index (χ0n) is 9.41. The van der Waals surface area contributed by atoms with Gasteiger partial charge >= 0.3 is 11.5 Å². The number of hydrogen-bond donors (Lipinski definition) is 1. The van der Waals surface area contributed by atoms with Gasteiger partial charge in [0.15, 0.2) is 5.13 Å². The van der Waals surface area contributed by atoms with Gasteiger partial charge in [-0.15, -0.1) is 11.3 Å². The lowest BCUT2D eigenvalue weighted by molar-refractivity contribution is -0.139. The van der Waals surface area contributed by atoms with Gasteiger partial charge in [0.25, 0.3) is 0 Å². The Bertz CT molecular complexity index is 395. The van der Waals surface area contributed by atoms with Gasteiger partial charge in [0, 0.05) is 17.7 Å². The number of carbonyl (C=O) groups is 1. The van der Waals surface area contributed by atoms with E-state index in [-0.39, 0.29) is 30.5 Å². The molecule has 102 valence electrons. The first-order chi connectivity index (χ1) is 8.40. The standard InChI is InChI=1S/C9H11F3N2O2S2/c1-16-7(15)4-6-5-17-8(14-6)13-2-3-18-9(10,11)12/h5H,2-4H2,1H3,(H,13,14). The number of hydrogen-bond acceptors (Lipinski definition) is 6. The van der Waals surface area contributed by atoms with E-state index in [0.29, 0.717) is 10.8 Å². The molecule has 0 aromatic carbocycles. The van der Waals surface area contributed by atoms with E-state index in [4.69, 9.17) is 0 Å². The molecule has 0 aliphatic heterocycles. The third-order valence-electron chi connectivity index (χ3n) is 1.75. The molecule has 18 heavy (non-hydrogen) atoms. The van der Waals surface area contributed by atoms with Crippen LogP contribution in [0.25, 0.3) is 0 Å². The van der Waals surface area contributed by atoms with Gasteiger partial charge in [-0.25, -0.2) is 4.98 Å². The van der Waals surface area contributed by atoms with E-state index in [1.807, 2.05) is 0 Å². The number of rotatable bonds is 6. The fourth-order valence-corrected chi connectivity index (χ4v) is 2.19. The number of methoxy groups -OCH3 is 1. The molecule has 0 fully saturated rings. The van der Waals surface area contributed by atoms with E-state index in [2.05, 4.69) is 15.0 Å². The van der Waals surface area contributed by atoms with Gasteiger partial charge in [-0.05, 0) is 11.8 Å². The molecule has 0 bridgehead atoms. The van der Waals surface area contributed by atoms with Gasteiger partial charge in [-0.1, -0.05) is 0 Å². The maximum absolute atomic E-state index is 11.8. The molecule has 0 saturated carbocycles. The summed E-state index contributed by atoms with van der Waals surface area (Å²) in [5, 5.41) is 4.92. The van der Waals surface area contributed by atoms with Crippen LogP contribution in [0.2, 0.25) is 0 Å². The Morgan fingerprint density at radius 3 is 2.94 bits per heavy atom. The second-order valence-corrected chi connectivity index (χ2v) is 5.14. The highest BCUT2D eigenvalue weighted by atomic mass is 32.2. The minimum Gasteiger partial charge on any atom is -0.469 e. The van der Waals surface area contributed by atoms with Crippen molar-refractivity contribution in [3.05, 3.63) is 11.1 Å². The molecule has 0 aliphatic carbocycles. The Hall–Kier alpha value is -0.960. The van der Waals surface area contributed by atoms with Crippen molar-refractivity contribution in [3.8, 4) is 0 Å². The molecule has 0 atom stereocenters. The molecule has 0 aliphatic rings. The summed E-state index contributed by atoms with van der Waals surface area (Å²) in [6.45, 7) is 0.162. The van der Waals surface area contributed by atoms with Gasteiger partial charge in [0.1, 0.15) is 0 Å². The van der Waals surface area contributed by atoms with Crippen molar-refractivity contribution in [2.75, 3.05) is 24.7 Å². The number of thioether (sulfide) groups is 1. The molecular formula is C9H11F3N2O2S2. The van der Waals surface area contributed by atoms with Crippen LogP contribution in [0.4, 0.5) is 18.3 Å². The number of halogens is 3. The van der Waals surface area contributed by atoms with Crippen LogP contribution in [-0.4, -0.2) is 35.9 Å². The second kappa shape index (κ2) is 6.83. The SMILES string of the molecule is COC(=O)Cc1csc(NCCSC(F)(F)F)n1. The third kappa shape index (κ3) is 6.10. The second-order valence-electron chi connectivity index (χ2n) is 3.12. The number of carbonyl (C=O) groups excluding carboxylic acids is 1. The highest BCUT2D eigenvalue weighted by molar-refractivity contribution is 8.00. The Morgan fingerprint density at radius 1 is 1.61 bits per heavy atom. The van der Waals surface area contributed by atoms with Crippen LogP contribution in [0.5, 0.6) is 0 Å². The van der Waals surface area contributed by atoms with Gasteiger partial charge < -0.3 is 10.1 Å². The number of nitrogens with zero attached hydrogens (tertiary/aromatic N) is 1. The summed E-state index contributed by atoms with van der Waals surface area (Å²) in [5.74, 6) is -0.491. The number of aromatic nitrogens is 1. The van der Waals surface area contributed by atoms with Crippen molar-refractivity contribution in [1.29, 1.82) is 0 Å². The van der Waals surface area contributed by atoms with Crippen LogP contribution in [0.15, 0.2) is 5.38 Å². The Labute approximate surface area is 110 Å². The first-order valence-corrected chi connectivity index (χ1v) is 6.73.